The van der Waals surface area contributed by atoms with Gasteiger partial charge >= 0.3 is 0 Å². The highest BCUT2D eigenvalue weighted by atomic mass is 35.5. The van der Waals surface area contributed by atoms with Gasteiger partial charge in [-0.05, 0) is 57.0 Å². The van der Waals surface area contributed by atoms with Crippen molar-refractivity contribution in [1.29, 1.82) is 0 Å². The van der Waals surface area contributed by atoms with Crippen LogP contribution in [0.25, 0.3) is 0 Å². The Balaban J connectivity index is 1.60. The van der Waals surface area contributed by atoms with Gasteiger partial charge in [0.1, 0.15) is 0 Å². The zero-order valence-corrected chi connectivity index (χ0v) is 17.4. The lowest BCUT2D eigenvalue weighted by Crippen LogP contribution is -3.19. The molecule has 0 spiro atoms. The van der Waals surface area contributed by atoms with Crippen LogP contribution in [-0.2, 0) is 4.79 Å². The number of benzene rings is 2. The first-order valence-corrected chi connectivity index (χ1v) is 9.97. The maximum absolute atomic E-state index is 12.8. The molecule has 0 bridgehead atoms. The third kappa shape index (κ3) is 4.63. The van der Waals surface area contributed by atoms with Gasteiger partial charge in [0.25, 0.3) is 5.91 Å². The minimum atomic E-state index is -0.0772. The fourth-order valence-corrected chi connectivity index (χ4v) is 4.14. The predicted octanol–water partition coefficient (Wildman–Crippen LogP) is 3.00. The first-order valence-electron chi connectivity index (χ1n) is 9.59. The SMILES string of the molecule is Cc1cc(C)c(NC(=O)[C@@H](C)[NH+]2CCN(c3cccc(Cl)c3)CC2)c(C)c1. The lowest BCUT2D eigenvalue weighted by atomic mass is 10.0. The number of quaternary nitrogens is 1. The van der Waals surface area contributed by atoms with Crippen LogP contribution in [0.5, 0.6) is 0 Å². The van der Waals surface area contributed by atoms with Gasteiger partial charge in [0.05, 0.1) is 26.2 Å². The minimum Gasteiger partial charge on any atom is -0.360 e. The Morgan fingerprint density at radius 3 is 2.33 bits per heavy atom. The van der Waals surface area contributed by atoms with Crippen LogP contribution < -0.4 is 15.1 Å². The standard InChI is InChI=1S/C22H28ClN3O/c1-15-12-16(2)21(17(3)13-15)24-22(27)18(4)25-8-10-26(11-9-25)20-7-5-6-19(23)14-20/h5-7,12-14,18H,8-11H2,1-4H3,(H,24,27)/p+1/t18-/m1/s1. The number of anilines is 2. The second kappa shape index (κ2) is 8.32. The lowest BCUT2D eigenvalue weighted by Gasteiger charge is -2.36. The van der Waals surface area contributed by atoms with Crippen LogP contribution in [0.2, 0.25) is 5.02 Å². The third-order valence-electron chi connectivity index (χ3n) is 5.51. The Hall–Kier alpha value is -2.04. The van der Waals surface area contributed by atoms with Gasteiger partial charge in [-0.1, -0.05) is 35.4 Å². The lowest BCUT2D eigenvalue weighted by molar-refractivity contribution is -0.914. The summed E-state index contributed by atoms with van der Waals surface area (Å²) in [5, 5.41) is 3.93. The molecule has 2 N–H and O–H groups in total. The summed E-state index contributed by atoms with van der Waals surface area (Å²) in [6.45, 7) is 11.9. The number of carbonyl (C=O) groups excluding carboxylic acids is 1. The van der Waals surface area contributed by atoms with Crippen LogP contribution in [-0.4, -0.2) is 38.1 Å². The molecule has 1 heterocycles. The average molecular weight is 387 g/mol. The number of aryl methyl sites for hydroxylation is 3. The van der Waals surface area contributed by atoms with Crippen molar-refractivity contribution in [3.63, 3.8) is 0 Å². The maximum atomic E-state index is 12.8. The highest BCUT2D eigenvalue weighted by Crippen LogP contribution is 2.22. The Morgan fingerprint density at radius 1 is 1.11 bits per heavy atom. The van der Waals surface area contributed by atoms with Crippen molar-refractivity contribution in [1.82, 2.24) is 0 Å². The summed E-state index contributed by atoms with van der Waals surface area (Å²) in [7, 11) is 0. The van der Waals surface area contributed by atoms with Gasteiger partial charge in [-0.15, -0.1) is 0 Å². The molecule has 0 unspecified atom stereocenters. The van der Waals surface area contributed by atoms with E-state index in [0.29, 0.717) is 0 Å². The fraction of sp³-hybridized carbons (Fsp3) is 0.409. The summed E-state index contributed by atoms with van der Waals surface area (Å²) in [5.74, 6) is 0.0938. The van der Waals surface area contributed by atoms with E-state index in [0.717, 1.165) is 53.7 Å². The molecule has 2 aromatic rings. The van der Waals surface area contributed by atoms with E-state index in [-0.39, 0.29) is 11.9 Å². The molecule has 3 rings (SSSR count). The summed E-state index contributed by atoms with van der Waals surface area (Å²) in [6, 6.07) is 12.1. The molecular weight excluding hydrogens is 358 g/mol. The molecule has 144 valence electrons. The number of hydrogen-bond donors (Lipinski definition) is 2. The minimum absolute atomic E-state index is 0.0772. The topological polar surface area (TPSA) is 36.8 Å². The number of halogens is 1. The zero-order chi connectivity index (χ0) is 19.6. The Bertz CT molecular complexity index is 805. The molecule has 0 saturated carbocycles. The quantitative estimate of drug-likeness (QED) is 0.847. The summed E-state index contributed by atoms with van der Waals surface area (Å²) < 4.78 is 0. The number of nitrogens with one attached hydrogen (secondary N) is 2. The molecule has 1 aliphatic heterocycles. The van der Waals surface area contributed by atoms with Crippen LogP contribution in [0, 0.1) is 20.8 Å². The van der Waals surface area contributed by atoms with Crippen LogP contribution >= 0.6 is 11.6 Å². The first kappa shape index (κ1) is 19.7. The number of piperazine rings is 1. The number of hydrogen-bond acceptors (Lipinski definition) is 2. The zero-order valence-electron chi connectivity index (χ0n) is 16.6. The molecule has 5 heteroatoms. The molecule has 1 amide bonds. The second-order valence-corrected chi connectivity index (χ2v) is 8.05. The van der Waals surface area contributed by atoms with Crippen molar-refractivity contribution < 1.29 is 9.69 Å². The normalized spacial score (nSPS) is 16.3. The number of amides is 1. The number of rotatable bonds is 4. The van der Waals surface area contributed by atoms with Crippen molar-refractivity contribution >= 4 is 28.9 Å². The van der Waals surface area contributed by atoms with Crippen molar-refractivity contribution in [2.45, 2.75) is 33.7 Å². The molecule has 0 aromatic heterocycles. The molecule has 1 saturated heterocycles. The third-order valence-corrected chi connectivity index (χ3v) is 5.75. The van der Waals surface area contributed by atoms with Crippen LogP contribution in [0.1, 0.15) is 23.6 Å². The summed E-state index contributed by atoms with van der Waals surface area (Å²) in [6.07, 6.45) is 0. The van der Waals surface area contributed by atoms with Gasteiger partial charge in [0.2, 0.25) is 0 Å². The second-order valence-electron chi connectivity index (χ2n) is 7.61. The van der Waals surface area contributed by atoms with E-state index in [9.17, 15) is 4.79 Å². The largest absolute Gasteiger partial charge is 0.360 e. The molecule has 4 nitrogen and oxygen atoms in total. The van der Waals surface area contributed by atoms with Crippen LogP contribution in [0.3, 0.4) is 0 Å². The number of nitrogens with zero attached hydrogens (tertiary/aromatic N) is 1. The van der Waals surface area contributed by atoms with E-state index in [4.69, 9.17) is 11.6 Å². The smallest absolute Gasteiger partial charge is 0.282 e. The highest BCUT2D eigenvalue weighted by molar-refractivity contribution is 6.30. The molecular formula is C22H29ClN3O+. The van der Waals surface area contributed by atoms with Gasteiger partial charge in [0, 0.05) is 16.4 Å². The van der Waals surface area contributed by atoms with Gasteiger partial charge in [0.15, 0.2) is 6.04 Å². The highest BCUT2D eigenvalue weighted by Gasteiger charge is 2.29. The van der Waals surface area contributed by atoms with Crippen molar-refractivity contribution in [3.8, 4) is 0 Å². The average Bonchev–Trinajstić information content (AvgIpc) is 2.64. The van der Waals surface area contributed by atoms with Crippen molar-refractivity contribution in [2.24, 2.45) is 0 Å². The van der Waals surface area contributed by atoms with E-state index in [1.807, 2.05) is 25.1 Å². The van der Waals surface area contributed by atoms with E-state index < -0.39 is 0 Å². The summed E-state index contributed by atoms with van der Waals surface area (Å²) in [5.41, 5.74) is 5.57. The van der Waals surface area contributed by atoms with E-state index in [2.05, 4.69) is 49.2 Å². The van der Waals surface area contributed by atoms with Crippen LogP contribution in [0.4, 0.5) is 11.4 Å². The summed E-state index contributed by atoms with van der Waals surface area (Å²) >= 11 is 6.11. The molecule has 0 aliphatic carbocycles. The summed E-state index contributed by atoms with van der Waals surface area (Å²) in [4.78, 5) is 16.5. The molecule has 1 atom stereocenters. The molecule has 2 aromatic carbocycles. The van der Waals surface area contributed by atoms with E-state index in [1.165, 1.54) is 10.5 Å². The van der Waals surface area contributed by atoms with Gasteiger partial charge < -0.3 is 15.1 Å². The molecule has 27 heavy (non-hydrogen) atoms. The van der Waals surface area contributed by atoms with Crippen LogP contribution in [0.15, 0.2) is 36.4 Å². The molecule has 1 aliphatic rings. The monoisotopic (exact) mass is 386 g/mol. The number of carbonyl (C=O) groups is 1. The molecule has 0 radical (unpaired) electrons. The Kier molecular flexibility index (Phi) is 6.08. The predicted molar refractivity (Wildman–Crippen MR) is 113 cm³/mol. The Labute approximate surface area is 167 Å². The maximum Gasteiger partial charge on any atom is 0.282 e. The van der Waals surface area contributed by atoms with Gasteiger partial charge in [-0.2, -0.15) is 0 Å². The van der Waals surface area contributed by atoms with Crippen molar-refractivity contribution in [3.05, 3.63) is 58.1 Å². The van der Waals surface area contributed by atoms with Gasteiger partial charge in [-0.3, -0.25) is 4.79 Å². The van der Waals surface area contributed by atoms with E-state index in [1.54, 1.807) is 0 Å². The molecule has 1 fully saturated rings. The van der Waals surface area contributed by atoms with Crippen molar-refractivity contribution in [2.75, 3.05) is 36.4 Å². The first-order chi connectivity index (χ1) is 12.8. The Morgan fingerprint density at radius 2 is 1.74 bits per heavy atom. The fourth-order valence-electron chi connectivity index (χ4n) is 3.95. The van der Waals surface area contributed by atoms with E-state index >= 15 is 0 Å². The van der Waals surface area contributed by atoms with Gasteiger partial charge in [-0.25, -0.2) is 0 Å².